The number of pyridine rings is 1. The van der Waals surface area contributed by atoms with Crippen LogP contribution in [0.25, 0.3) is 68.3 Å². The number of ether oxygens (including phenoxy) is 4. The zero-order valence-electron chi connectivity index (χ0n) is 73.1. The summed E-state index contributed by atoms with van der Waals surface area (Å²) in [6.07, 6.45) is 19.5. The predicted octanol–water partition coefficient (Wildman–Crippen LogP) is 17.3. The average Bonchev–Trinajstić information content (AvgIpc) is 1.57. The molecule has 0 radical (unpaired) electrons. The molecular weight excluding hydrogens is 1750 g/mol. The zero-order chi connectivity index (χ0) is 93.4. The van der Waals surface area contributed by atoms with Crippen molar-refractivity contribution >= 4 is 46.9 Å². The van der Waals surface area contributed by atoms with Gasteiger partial charge in [0.25, 0.3) is 0 Å². The third-order valence-corrected chi connectivity index (χ3v) is 23.5. The van der Waals surface area contributed by atoms with Crippen molar-refractivity contribution in [3.63, 3.8) is 0 Å². The lowest BCUT2D eigenvalue weighted by Crippen LogP contribution is -2.48. The molecule has 4 aliphatic heterocycles. The van der Waals surface area contributed by atoms with Crippen LogP contribution in [0.2, 0.25) is 0 Å². The van der Waals surface area contributed by atoms with Crippen molar-refractivity contribution in [1.29, 1.82) is 0 Å². The van der Waals surface area contributed by atoms with Crippen LogP contribution in [0.4, 0.5) is 49.6 Å². The van der Waals surface area contributed by atoms with Gasteiger partial charge in [-0.3, -0.25) is 38.8 Å². The highest BCUT2D eigenvalue weighted by Crippen LogP contribution is 2.47. The van der Waals surface area contributed by atoms with E-state index in [1.54, 1.807) is 107 Å². The lowest BCUT2D eigenvalue weighted by atomic mass is 9.74. The molecule has 2 aliphatic carbocycles. The molecule has 22 rings (SSSR count). The Balaban J connectivity index is 0.000000116. The molecule has 4 amide bonds. The van der Waals surface area contributed by atoms with Crippen molar-refractivity contribution in [2.45, 2.75) is 109 Å². The molecule has 0 saturated heterocycles. The number of fused-ring (bicyclic) bond motifs is 4. The van der Waals surface area contributed by atoms with Crippen LogP contribution in [0.1, 0.15) is 89.5 Å². The van der Waals surface area contributed by atoms with Gasteiger partial charge in [-0.1, -0.05) is 91.9 Å². The summed E-state index contributed by atoms with van der Waals surface area (Å²) in [5.74, 6) is 5.77. The summed E-state index contributed by atoms with van der Waals surface area (Å²) in [7, 11) is 0. The standard InChI is InChI=1S/C26H21F3N6O2.C26H23N5O2.C25H23N5O2.C24H18F3N5O2/c27-26(28,29)15-37-25-20(3-1-10-30-25)23-31-14-17-13-22(36)35(24(17)33-23)21-9-8-19(21)16-4-6-18(7-5-16)34-12-2-11-32-34;32-24-14-20-15-27-25(22-4-1-2-5-23(22)33-17-19-6-7-19)29-26(20)30(24)16-18-8-10-21(11-9-18)31-13-3-12-28-31;1-2-14-32-22-7-4-3-6-21(22)24-26-16-19-15-23(31)29(25(19)28-24)17-18-8-10-20(11-9-18)30-13-5-12-27-30;25-24(26,27)15-34-20-5-2-1-4-19(20)22-28-13-17-12-21(33)31(23(17)30-22)14-16-6-8-18(9-7-16)32-11-3-10-29-32/h1-7,10-12,14,19,21H,8-9,13,15H2;1-5,8-13,15,19H,6-7,14,16-17H2;3-13,16H,2,14-15,17H2,1H3;1-11,13H,12,14-15H2/t19-,21+;;;/m0.../s1. The molecule has 0 bridgehead atoms. The van der Waals surface area contributed by atoms with Crippen LogP contribution in [0.5, 0.6) is 23.1 Å². The van der Waals surface area contributed by atoms with Crippen molar-refractivity contribution < 1.29 is 64.5 Å². The number of nitrogens with zero attached hydrogens (tertiary/aromatic N) is 21. The van der Waals surface area contributed by atoms with Crippen LogP contribution in [-0.2, 0) is 64.5 Å². The first-order valence-electron chi connectivity index (χ1n) is 44.1. The fraction of sp³-hybridized carbons (Fsp3) is 0.218. The first kappa shape index (κ1) is 88.8. The van der Waals surface area contributed by atoms with E-state index in [4.69, 9.17) is 28.9 Å². The molecule has 13 heterocycles. The first-order valence-corrected chi connectivity index (χ1v) is 44.1. The number of benzene rings is 7. The fourth-order valence-corrected chi connectivity index (χ4v) is 16.4. The lowest BCUT2D eigenvalue weighted by Gasteiger charge is -2.42. The van der Waals surface area contributed by atoms with Gasteiger partial charge in [0.1, 0.15) is 40.5 Å². The van der Waals surface area contributed by atoms with E-state index in [0.717, 1.165) is 105 Å². The van der Waals surface area contributed by atoms with Gasteiger partial charge in [-0.25, -0.2) is 63.6 Å². The number of alkyl halides is 6. The Kier molecular flexibility index (Phi) is 25.5. The second-order valence-electron chi connectivity index (χ2n) is 33.0. The van der Waals surface area contributed by atoms with Crippen LogP contribution in [0.15, 0.2) is 287 Å². The van der Waals surface area contributed by atoms with Gasteiger partial charge in [0, 0.05) is 115 Å². The van der Waals surface area contributed by atoms with Crippen molar-refractivity contribution in [2.75, 3.05) is 46.0 Å². The third kappa shape index (κ3) is 20.3. The maximum Gasteiger partial charge on any atom is 0.422 e. The fourth-order valence-electron chi connectivity index (χ4n) is 16.4. The van der Waals surface area contributed by atoms with E-state index in [0.29, 0.717) is 96.6 Å². The number of hydrogen-bond acceptors (Lipinski definition) is 21. The maximum atomic E-state index is 13.1. The molecule has 2 saturated carbocycles. The summed E-state index contributed by atoms with van der Waals surface area (Å²) < 4.78 is 105. The second-order valence-corrected chi connectivity index (χ2v) is 33.0. The summed E-state index contributed by atoms with van der Waals surface area (Å²) in [6.45, 7) is 1.73. The molecule has 0 N–H and O–H groups in total. The van der Waals surface area contributed by atoms with Gasteiger partial charge in [-0.05, 0) is 182 Å². The Hall–Kier alpha value is -16.5. The first-order chi connectivity index (χ1) is 66.2. The monoisotopic (exact) mass is 1830 g/mol. The SMILES string of the molecule is CCCOc1ccccc1-c1ncc2c(n1)N(Cc1ccc(-n3cccn3)cc1)C(=O)C2.O=C1Cc2cnc(-c3ccccc3OCC(F)(F)F)nc2N1Cc1ccc(-n2cccn2)cc1.O=C1Cc2cnc(-c3ccccc3OCC3CC3)nc2N1Cc1ccc(-n2cccn2)cc1.O=C1Cc2cnc(-c3cccnc3OCC(F)(F)F)nc2N1[C@@H]1CC[C@H]1c1ccc(-n2cccn2)cc1. The maximum absolute atomic E-state index is 13.1. The molecule has 2 fully saturated rings. The number of para-hydroxylation sites is 3. The highest BCUT2D eigenvalue weighted by atomic mass is 19.4. The Morgan fingerprint density at radius 1 is 0.353 bits per heavy atom. The van der Waals surface area contributed by atoms with Crippen LogP contribution in [0.3, 0.4) is 0 Å². The van der Waals surface area contributed by atoms with Crippen molar-refractivity contribution in [1.82, 2.24) is 84.0 Å². The lowest BCUT2D eigenvalue weighted by molar-refractivity contribution is -0.154. The van der Waals surface area contributed by atoms with Crippen molar-refractivity contribution in [3.05, 3.63) is 331 Å². The van der Waals surface area contributed by atoms with Gasteiger partial charge in [-0.2, -0.15) is 46.7 Å². The van der Waals surface area contributed by atoms with Crippen LogP contribution in [-0.4, -0.2) is 152 Å². The summed E-state index contributed by atoms with van der Waals surface area (Å²) in [5.41, 5.74) is 13.1. The highest BCUT2D eigenvalue weighted by molar-refractivity contribution is 6.03. The third-order valence-electron chi connectivity index (χ3n) is 23.5. The van der Waals surface area contributed by atoms with Gasteiger partial charge in [-0.15, -0.1) is 0 Å². The largest absolute Gasteiger partial charge is 0.493 e. The van der Waals surface area contributed by atoms with Crippen molar-refractivity contribution in [3.8, 4) is 91.4 Å². The minimum atomic E-state index is -4.51. The number of carbonyl (C=O) groups is 4. The molecule has 6 aliphatic rings. The minimum Gasteiger partial charge on any atom is -0.493 e. The second kappa shape index (κ2) is 39.1. The Bertz CT molecular complexity index is 6960. The van der Waals surface area contributed by atoms with Gasteiger partial charge in [0.2, 0.25) is 29.5 Å². The minimum absolute atomic E-state index is 0.0184. The van der Waals surface area contributed by atoms with Gasteiger partial charge in [0.05, 0.1) is 104 Å². The number of carbonyl (C=O) groups excluding carboxylic acids is 4. The Morgan fingerprint density at radius 2 is 0.713 bits per heavy atom. The number of rotatable bonds is 26. The summed E-state index contributed by atoms with van der Waals surface area (Å²) in [4.78, 5) is 98.5. The molecular formula is C101H85F6N21O8. The van der Waals surface area contributed by atoms with Gasteiger partial charge >= 0.3 is 12.4 Å². The average molecular weight is 1830 g/mol. The van der Waals surface area contributed by atoms with Crippen LogP contribution in [0, 0.1) is 5.92 Å². The molecule has 2 atom stereocenters. The van der Waals surface area contributed by atoms with E-state index in [1.165, 1.54) is 31.3 Å². The number of anilines is 4. The molecule has 7 aromatic carbocycles. The normalized spacial score (nSPS) is 15.1. The highest BCUT2D eigenvalue weighted by Gasteiger charge is 2.45. The topological polar surface area (TPSA) is 305 Å². The van der Waals surface area contributed by atoms with Crippen LogP contribution >= 0.6 is 0 Å². The number of amides is 4. The van der Waals surface area contributed by atoms with E-state index < -0.39 is 25.6 Å². The molecule has 684 valence electrons. The predicted molar refractivity (Wildman–Crippen MR) is 491 cm³/mol. The van der Waals surface area contributed by atoms with Gasteiger partial charge in [0.15, 0.2) is 36.5 Å². The molecule has 29 nitrogen and oxygen atoms in total. The number of halogens is 6. The molecule has 35 heteroatoms. The smallest absolute Gasteiger partial charge is 0.422 e. The zero-order valence-corrected chi connectivity index (χ0v) is 73.1. The number of hydrogen-bond donors (Lipinski definition) is 0. The van der Waals surface area contributed by atoms with Crippen LogP contribution < -0.4 is 38.5 Å². The van der Waals surface area contributed by atoms with E-state index >= 15 is 0 Å². The molecule has 9 aromatic heterocycles. The van der Waals surface area contributed by atoms with Gasteiger partial charge < -0.3 is 18.9 Å². The molecule has 0 spiro atoms. The molecule has 16 aromatic rings. The molecule has 0 unspecified atom stereocenters. The Morgan fingerprint density at radius 3 is 1.10 bits per heavy atom. The quantitative estimate of drug-likeness (QED) is 0.0455. The number of aromatic nitrogens is 17. The van der Waals surface area contributed by atoms with E-state index in [2.05, 4.69) is 74.3 Å². The summed E-state index contributed by atoms with van der Waals surface area (Å²) >= 11 is 0. The Labute approximate surface area is 774 Å². The summed E-state index contributed by atoms with van der Waals surface area (Å²) in [6, 6.07) is 64.2. The van der Waals surface area contributed by atoms with E-state index in [1.807, 2.05) is 187 Å². The summed E-state index contributed by atoms with van der Waals surface area (Å²) in [5, 5.41) is 17.0. The van der Waals surface area contributed by atoms with E-state index in [9.17, 15) is 45.5 Å². The van der Waals surface area contributed by atoms with Crippen molar-refractivity contribution in [2.24, 2.45) is 5.92 Å². The van der Waals surface area contributed by atoms with E-state index in [-0.39, 0.29) is 77.3 Å². The molecule has 136 heavy (non-hydrogen) atoms.